The molecule has 1 amide bonds. The molecule has 1 aromatic rings. The minimum atomic E-state index is -0.812. The van der Waals surface area contributed by atoms with E-state index < -0.39 is 17.2 Å². The van der Waals surface area contributed by atoms with Gasteiger partial charge in [-0.05, 0) is 31.9 Å². The lowest BCUT2D eigenvalue weighted by molar-refractivity contribution is -0.128. The van der Waals surface area contributed by atoms with Crippen molar-refractivity contribution < 1.29 is 18.3 Å². The first-order chi connectivity index (χ1) is 10.4. The number of carbonyl (C=O) groups excluding carboxylic acids is 1. The minimum Gasteiger partial charge on any atom is -0.488 e. The molecule has 2 rings (SSSR count). The van der Waals surface area contributed by atoms with Crippen LogP contribution in [0.1, 0.15) is 39.0 Å². The quantitative estimate of drug-likeness (QED) is 0.878. The van der Waals surface area contributed by atoms with Crippen molar-refractivity contribution in [3.63, 3.8) is 0 Å². The van der Waals surface area contributed by atoms with E-state index in [4.69, 9.17) is 10.5 Å². The van der Waals surface area contributed by atoms with E-state index in [2.05, 4.69) is 5.32 Å². The van der Waals surface area contributed by atoms with Gasteiger partial charge in [0, 0.05) is 6.07 Å². The molecule has 1 fully saturated rings. The van der Waals surface area contributed by atoms with Gasteiger partial charge in [-0.1, -0.05) is 19.3 Å². The van der Waals surface area contributed by atoms with Crippen LogP contribution in [0.2, 0.25) is 0 Å². The summed E-state index contributed by atoms with van der Waals surface area (Å²) in [4.78, 5) is 12.2. The normalized spacial score (nSPS) is 18.5. The topological polar surface area (TPSA) is 64.3 Å². The third-order valence-electron chi connectivity index (χ3n) is 3.96. The summed E-state index contributed by atoms with van der Waals surface area (Å²) in [7, 11) is 0. The molecule has 0 aromatic heterocycles. The molecule has 122 valence electrons. The van der Waals surface area contributed by atoms with Crippen molar-refractivity contribution in [2.45, 2.75) is 50.6 Å². The Morgan fingerprint density at radius 3 is 2.68 bits per heavy atom. The fourth-order valence-corrected chi connectivity index (χ4v) is 2.63. The summed E-state index contributed by atoms with van der Waals surface area (Å²) < 4.78 is 31.5. The molecule has 22 heavy (non-hydrogen) atoms. The zero-order valence-electron chi connectivity index (χ0n) is 12.7. The lowest BCUT2D eigenvalue weighted by Gasteiger charge is -2.33. The van der Waals surface area contributed by atoms with Crippen LogP contribution in [-0.4, -0.2) is 24.1 Å². The third-order valence-corrected chi connectivity index (χ3v) is 3.96. The Bertz CT molecular complexity index is 531. The number of amides is 1. The van der Waals surface area contributed by atoms with Crippen LogP contribution >= 0.6 is 0 Å². The molecule has 4 nitrogen and oxygen atoms in total. The zero-order chi connectivity index (χ0) is 16.2. The number of ether oxygens (including phenoxy) is 1. The number of halogens is 2. The predicted molar refractivity (Wildman–Crippen MR) is 79.5 cm³/mol. The molecule has 1 aromatic carbocycles. The number of nitrogens with one attached hydrogen (secondary N) is 1. The SMILES string of the molecule is CC(COc1ccc(F)cc1F)NC(=O)C1(N)CCCCC1. The van der Waals surface area contributed by atoms with Crippen molar-refractivity contribution in [1.29, 1.82) is 0 Å². The van der Waals surface area contributed by atoms with Gasteiger partial charge >= 0.3 is 0 Å². The third kappa shape index (κ3) is 4.16. The number of nitrogens with two attached hydrogens (primary N) is 1. The Labute approximate surface area is 129 Å². The molecule has 1 aliphatic rings. The summed E-state index contributed by atoms with van der Waals surface area (Å²) in [6.45, 7) is 1.84. The molecule has 0 saturated heterocycles. The molecule has 1 unspecified atom stereocenters. The van der Waals surface area contributed by atoms with Crippen LogP contribution in [0.3, 0.4) is 0 Å². The summed E-state index contributed by atoms with van der Waals surface area (Å²) in [5, 5.41) is 2.81. The molecule has 1 aliphatic carbocycles. The molecular weight excluding hydrogens is 290 g/mol. The van der Waals surface area contributed by atoms with Crippen molar-refractivity contribution in [3.05, 3.63) is 29.8 Å². The second-order valence-corrected chi connectivity index (χ2v) is 5.98. The Balaban J connectivity index is 1.84. The molecular formula is C16H22F2N2O2. The minimum absolute atomic E-state index is 0.0392. The Kier molecular flexibility index (Phi) is 5.34. The second kappa shape index (κ2) is 7.05. The predicted octanol–water partition coefficient (Wildman–Crippen LogP) is 2.51. The Morgan fingerprint density at radius 2 is 2.05 bits per heavy atom. The fourth-order valence-electron chi connectivity index (χ4n) is 2.63. The van der Waals surface area contributed by atoms with Gasteiger partial charge in [0.2, 0.25) is 5.91 Å². The average molecular weight is 312 g/mol. The first-order valence-electron chi connectivity index (χ1n) is 7.58. The molecule has 1 atom stereocenters. The summed E-state index contributed by atoms with van der Waals surface area (Å²) in [6, 6.07) is 2.79. The van der Waals surface area contributed by atoms with Crippen LogP contribution in [0.15, 0.2) is 18.2 Å². The monoisotopic (exact) mass is 312 g/mol. The van der Waals surface area contributed by atoms with Crippen molar-refractivity contribution >= 4 is 5.91 Å². The molecule has 6 heteroatoms. The maximum absolute atomic E-state index is 13.4. The van der Waals surface area contributed by atoms with Crippen LogP contribution in [0, 0.1) is 11.6 Å². The second-order valence-electron chi connectivity index (χ2n) is 5.98. The van der Waals surface area contributed by atoms with Gasteiger partial charge in [0.15, 0.2) is 11.6 Å². The van der Waals surface area contributed by atoms with E-state index in [0.29, 0.717) is 12.8 Å². The van der Waals surface area contributed by atoms with Crippen LogP contribution in [0.25, 0.3) is 0 Å². The smallest absolute Gasteiger partial charge is 0.240 e. The summed E-state index contributed by atoms with van der Waals surface area (Å²) in [6.07, 6.45) is 4.37. The van der Waals surface area contributed by atoms with Crippen molar-refractivity contribution in [2.24, 2.45) is 5.73 Å². The average Bonchev–Trinajstić information content (AvgIpc) is 2.47. The van der Waals surface area contributed by atoms with E-state index in [0.717, 1.165) is 31.4 Å². The number of rotatable bonds is 5. The molecule has 3 N–H and O–H groups in total. The fraction of sp³-hybridized carbons (Fsp3) is 0.562. The molecule has 0 heterocycles. The largest absolute Gasteiger partial charge is 0.488 e. The first kappa shape index (κ1) is 16.7. The number of hydrogen-bond donors (Lipinski definition) is 2. The van der Waals surface area contributed by atoms with Gasteiger partial charge < -0.3 is 15.8 Å². The zero-order valence-corrected chi connectivity index (χ0v) is 12.7. The summed E-state index contributed by atoms with van der Waals surface area (Å²) in [5.74, 6) is -1.65. The molecule has 0 aliphatic heterocycles. The number of carbonyl (C=O) groups is 1. The highest BCUT2D eigenvalue weighted by atomic mass is 19.1. The van der Waals surface area contributed by atoms with Crippen molar-refractivity contribution in [1.82, 2.24) is 5.32 Å². The van der Waals surface area contributed by atoms with Crippen molar-refractivity contribution in [2.75, 3.05) is 6.61 Å². The van der Waals surface area contributed by atoms with Crippen LogP contribution < -0.4 is 15.8 Å². The highest BCUT2D eigenvalue weighted by molar-refractivity contribution is 5.86. The van der Waals surface area contributed by atoms with E-state index in [1.54, 1.807) is 6.92 Å². The molecule has 0 bridgehead atoms. The van der Waals surface area contributed by atoms with E-state index in [9.17, 15) is 13.6 Å². The van der Waals surface area contributed by atoms with Gasteiger partial charge in [-0.25, -0.2) is 8.78 Å². The van der Waals surface area contributed by atoms with Gasteiger partial charge in [0.25, 0.3) is 0 Å². The maximum atomic E-state index is 13.4. The Hall–Kier alpha value is -1.69. The maximum Gasteiger partial charge on any atom is 0.240 e. The van der Waals surface area contributed by atoms with E-state index in [1.165, 1.54) is 6.07 Å². The highest BCUT2D eigenvalue weighted by Crippen LogP contribution is 2.26. The van der Waals surface area contributed by atoms with Gasteiger partial charge in [-0.2, -0.15) is 0 Å². The van der Waals surface area contributed by atoms with Gasteiger partial charge in [-0.3, -0.25) is 4.79 Å². The van der Waals surface area contributed by atoms with E-state index in [-0.39, 0.29) is 24.3 Å². The van der Waals surface area contributed by atoms with Crippen LogP contribution in [-0.2, 0) is 4.79 Å². The van der Waals surface area contributed by atoms with Crippen LogP contribution in [0.4, 0.5) is 8.78 Å². The summed E-state index contributed by atoms with van der Waals surface area (Å²) >= 11 is 0. The molecule has 0 radical (unpaired) electrons. The van der Waals surface area contributed by atoms with E-state index in [1.807, 2.05) is 0 Å². The van der Waals surface area contributed by atoms with E-state index >= 15 is 0 Å². The number of hydrogen-bond acceptors (Lipinski definition) is 3. The summed E-state index contributed by atoms with van der Waals surface area (Å²) in [5.41, 5.74) is 5.33. The van der Waals surface area contributed by atoms with Gasteiger partial charge in [-0.15, -0.1) is 0 Å². The lowest BCUT2D eigenvalue weighted by Crippen LogP contribution is -2.57. The number of benzene rings is 1. The molecule has 0 spiro atoms. The lowest BCUT2D eigenvalue weighted by atomic mass is 9.82. The van der Waals surface area contributed by atoms with Gasteiger partial charge in [0.05, 0.1) is 11.6 Å². The van der Waals surface area contributed by atoms with Crippen molar-refractivity contribution in [3.8, 4) is 5.75 Å². The first-order valence-corrected chi connectivity index (χ1v) is 7.58. The highest BCUT2D eigenvalue weighted by Gasteiger charge is 2.35. The van der Waals surface area contributed by atoms with Gasteiger partial charge in [0.1, 0.15) is 12.4 Å². The molecule has 1 saturated carbocycles. The standard InChI is InChI=1S/C16H22F2N2O2/c1-11(10-22-14-6-5-12(17)9-13(14)18)20-15(21)16(19)7-3-2-4-8-16/h5-6,9,11H,2-4,7-8,10,19H2,1H3,(H,20,21). The Morgan fingerprint density at radius 1 is 1.36 bits per heavy atom. The van der Waals surface area contributed by atoms with Crippen LogP contribution in [0.5, 0.6) is 5.75 Å².